The fourth-order valence-electron chi connectivity index (χ4n) is 1.27. The zero-order valence-corrected chi connectivity index (χ0v) is 15.6. The Morgan fingerprint density at radius 2 is 1.90 bits per heavy atom. The van der Waals surface area contributed by atoms with Crippen LogP contribution < -0.4 is 0 Å². The molecule has 2 heteroatoms. The molecule has 0 unspecified atom stereocenters. The van der Waals surface area contributed by atoms with Gasteiger partial charge in [-0.15, -0.1) is 5.54 Å². The molecule has 0 saturated heterocycles. The van der Waals surface area contributed by atoms with Gasteiger partial charge in [0.15, 0.2) is 0 Å². The van der Waals surface area contributed by atoms with Crippen LogP contribution in [0.5, 0.6) is 0 Å². The topological polar surface area (TPSA) is 0 Å². The zero-order valence-electron chi connectivity index (χ0n) is 12.4. The van der Waals surface area contributed by atoms with E-state index in [1.807, 2.05) is 43.4 Å². The summed E-state index contributed by atoms with van der Waals surface area (Å²) in [5, 5.41) is 0. The van der Waals surface area contributed by atoms with Crippen molar-refractivity contribution in [2.75, 3.05) is 0 Å². The Kier molecular flexibility index (Phi) is 6.85. The number of hydrogen-bond acceptors (Lipinski definition) is 0. The summed E-state index contributed by atoms with van der Waals surface area (Å²) in [6.45, 7) is 8.73. The highest BCUT2D eigenvalue weighted by Crippen LogP contribution is 2.09. The molecule has 0 saturated carbocycles. The van der Waals surface area contributed by atoms with Crippen molar-refractivity contribution in [3.05, 3.63) is 57.2 Å². The van der Waals surface area contributed by atoms with Crippen LogP contribution in [0, 0.1) is 26.9 Å². The van der Waals surface area contributed by atoms with Gasteiger partial charge in [0.1, 0.15) is 8.07 Å². The summed E-state index contributed by atoms with van der Waals surface area (Å²) in [6.07, 6.45) is 5.87. The third-order valence-corrected chi connectivity index (χ3v) is 4.08. The van der Waals surface area contributed by atoms with Crippen molar-refractivity contribution in [3.63, 3.8) is 0 Å². The Morgan fingerprint density at radius 1 is 1.20 bits per heavy atom. The van der Waals surface area contributed by atoms with E-state index in [0.29, 0.717) is 0 Å². The lowest BCUT2D eigenvalue weighted by molar-refractivity contribution is 1.55. The first-order chi connectivity index (χ1) is 9.38. The molecule has 0 spiro atoms. The summed E-state index contributed by atoms with van der Waals surface area (Å²) >= 11 is 2.30. The van der Waals surface area contributed by atoms with Crippen LogP contribution in [0.25, 0.3) is 0 Å². The molecule has 0 aliphatic carbocycles. The molecule has 0 aliphatic rings. The Morgan fingerprint density at radius 3 is 2.55 bits per heavy atom. The van der Waals surface area contributed by atoms with E-state index in [0.717, 1.165) is 11.1 Å². The number of benzene rings is 1. The van der Waals surface area contributed by atoms with E-state index in [1.54, 1.807) is 0 Å². The monoisotopic (exact) mass is 390 g/mol. The fraction of sp³-hybridized carbons (Fsp3) is 0.222. The summed E-state index contributed by atoms with van der Waals surface area (Å²) in [6, 6.07) is 8.14. The molecule has 1 rings (SSSR count). The van der Waals surface area contributed by atoms with Gasteiger partial charge in [-0.1, -0.05) is 61.7 Å². The van der Waals surface area contributed by atoms with E-state index in [4.69, 9.17) is 0 Å². The molecule has 20 heavy (non-hydrogen) atoms. The van der Waals surface area contributed by atoms with Crippen molar-refractivity contribution in [1.29, 1.82) is 0 Å². The molecule has 0 radical (unpaired) electrons. The largest absolute Gasteiger partial charge is 0.129 e. The zero-order chi connectivity index (χ0) is 15.0. The molecule has 1 aromatic carbocycles. The van der Waals surface area contributed by atoms with Crippen LogP contribution in [0.15, 0.2) is 48.1 Å². The van der Waals surface area contributed by atoms with Crippen molar-refractivity contribution in [3.8, 4) is 23.3 Å². The van der Waals surface area contributed by atoms with Gasteiger partial charge in [-0.25, -0.2) is 0 Å². The van der Waals surface area contributed by atoms with Crippen molar-refractivity contribution >= 4 is 30.7 Å². The number of halogens is 1. The number of rotatable bonds is 1. The Bertz CT molecular complexity index is 638. The van der Waals surface area contributed by atoms with Crippen molar-refractivity contribution in [2.24, 2.45) is 0 Å². The van der Waals surface area contributed by atoms with Crippen molar-refractivity contribution in [1.82, 2.24) is 0 Å². The quantitative estimate of drug-likeness (QED) is 0.273. The minimum Gasteiger partial charge on any atom is -0.127 e. The maximum atomic E-state index is 3.30. The second kappa shape index (κ2) is 8.14. The smallest absolute Gasteiger partial charge is 0.127 e. The predicted molar refractivity (Wildman–Crippen MR) is 100 cm³/mol. The molecule has 0 atom stereocenters. The van der Waals surface area contributed by atoms with Crippen molar-refractivity contribution in [2.45, 2.75) is 26.6 Å². The molecule has 0 N–H and O–H groups in total. The first kappa shape index (κ1) is 16.8. The third kappa shape index (κ3) is 7.38. The lowest BCUT2D eigenvalue weighted by Crippen LogP contribution is -2.16. The lowest BCUT2D eigenvalue weighted by atomic mass is 10.2. The number of allylic oxidation sites excluding steroid dienone is 4. The molecular weight excluding hydrogens is 371 g/mol. The molecule has 0 heterocycles. The maximum Gasteiger partial charge on any atom is 0.129 e. The Hall–Kier alpha value is -1.23. The predicted octanol–water partition coefficient (Wildman–Crippen LogP) is 5.03. The third-order valence-electron chi connectivity index (χ3n) is 2.24. The number of hydrogen-bond donors (Lipinski definition) is 0. The van der Waals surface area contributed by atoms with Gasteiger partial charge in [0.2, 0.25) is 0 Å². The van der Waals surface area contributed by atoms with Crippen LogP contribution in [0.2, 0.25) is 19.6 Å². The highest BCUT2D eigenvalue weighted by molar-refractivity contribution is 14.1. The van der Waals surface area contributed by atoms with Gasteiger partial charge in [0, 0.05) is 9.13 Å². The summed E-state index contributed by atoms with van der Waals surface area (Å²) in [5.41, 5.74) is 5.41. The Labute approximate surface area is 137 Å². The molecule has 1 aromatic rings. The normalized spacial score (nSPS) is 11.6. The van der Waals surface area contributed by atoms with Crippen LogP contribution >= 0.6 is 22.6 Å². The summed E-state index contributed by atoms with van der Waals surface area (Å²) < 4.78 is 1.18. The van der Waals surface area contributed by atoms with Gasteiger partial charge in [0.25, 0.3) is 0 Å². The van der Waals surface area contributed by atoms with E-state index in [-0.39, 0.29) is 0 Å². The summed E-state index contributed by atoms with van der Waals surface area (Å²) in [4.78, 5) is 0. The molecular formula is C18H19ISi. The van der Waals surface area contributed by atoms with Gasteiger partial charge in [-0.2, -0.15) is 0 Å². The standard InChI is InChI=1S/C18H19ISi/c1-16(10-6-5-9-15-20(2,3)4)13-14-17-11-7-8-12-18(17)19/h5-8,10-12H,1-4H3/b6-5-,16-10-. The highest BCUT2D eigenvalue weighted by Gasteiger charge is 2.06. The average Bonchev–Trinajstić information content (AvgIpc) is 2.36. The fourth-order valence-corrected chi connectivity index (χ4v) is 2.31. The SMILES string of the molecule is C/C(C#Cc1ccccc1I)=C/C=C\C#C[Si](C)(C)C. The van der Waals surface area contributed by atoms with Gasteiger partial charge in [-0.3, -0.25) is 0 Å². The molecule has 0 amide bonds. The Balaban J connectivity index is 2.70. The summed E-state index contributed by atoms with van der Waals surface area (Å²) in [7, 11) is -1.26. The molecule has 0 fully saturated rings. The van der Waals surface area contributed by atoms with Crippen LogP contribution in [0.3, 0.4) is 0 Å². The van der Waals surface area contributed by atoms with Crippen molar-refractivity contribution < 1.29 is 0 Å². The van der Waals surface area contributed by atoms with E-state index < -0.39 is 8.07 Å². The minimum absolute atomic E-state index is 1.04. The average molecular weight is 390 g/mol. The van der Waals surface area contributed by atoms with Gasteiger partial charge in [0.05, 0.1) is 0 Å². The van der Waals surface area contributed by atoms with Gasteiger partial charge in [-0.05, 0) is 53.3 Å². The van der Waals surface area contributed by atoms with E-state index in [9.17, 15) is 0 Å². The molecule has 0 aromatic heterocycles. The summed E-state index contributed by atoms with van der Waals surface area (Å²) in [5.74, 6) is 9.45. The van der Waals surface area contributed by atoms with Crippen LogP contribution in [-0.2, 0) is 0 Å². The van der Waals surface area contributed by atoms with E-state index >= 15 is 0 Å². The second-order valence-electron chi connectivity index (χ2n) is 5.46. The first-order valence-electron chi connectivity index (χ1n) is 6.51. The first-order valence-corrected chi connectivity index (χ1v) is 11.1. The molecule has 0 aliphatic heterocycles. The van der Waals surface area contributed by atoms with Crippen LogP contribution in [0.1, 0.15) is 12.5 Å². The van der Waals surface area contributed by atoms with E-state index in [1.165, 1.54) is 3.57 Å². The van der Waals surface area contributed by atoms with E-state index in [2.05, 4.69) is 71.6 Å². The lowest BCUT2D eigenvalue weighted by Gasteiger charge is -2.01. The maximum absolute atomic E-state index is 3.30. The van der Waals surface area contributed by atoms with Gasteiger partial charge < -0.3 is 0 Å². The highest BCUT2D eigenvalue weighted by atomic mass is 127. The molecule has 0 nitrogen and oxygen atoms in total. The minimum atomic E-state index is -1.26. The van der Waals surface area contributed by atoms with Crippen LogP contribution in [0.4, 0.5) is 0 Å². The second-order valence-corrected chi connectivity index (χ2v) is 11.4. The van der Waals surface area contributed by atoms with Crippen LogP contribution in [-0.4, -0.2) is 8.07 Å². The molecule has 0 bridgehead atoms. The van der Waals surface area contributed by atoms with Gasteiger partial charge >= 0.3 is 0 Å². The molecule has 102 valence electrons.